The molecule has 0 fully saturated rings. The van der Waals surface area contributed by atoms with Gasteiger partial charge >= 0.3 is 5.97 Å². The fourth-order valence-electron chi connectivity index (χ4n) is 0.229. The van der Waals surface area contributed by atoms with Gasteiger partial charge in [-0.15, -0.1) is 36.9 Å². The molecule has 0 aromatic carbocycles. The van der Waals surface area contributed by atoms with E-state index < -0.39 is 9.38 Å². The maximum atomic E-state index is 10.0. The summed E-state index contributed by atoms with van der Waals surface area (Å²) in [6.07, 6.45) is -0.118. The van der Waals surface area contributed by atoms with E-state index in [2.05, 4.69) is 36.9 Å². The van der Waals surface area contributed by atoms with E-state index in [1.54, 1.807) is 0 Å². The van der Waals surface area contributed by atoms with Crippen LogP contribution in [0.4, 0.5) is 0 Å². The number of carboxylic acid groups (broad SMARTS) is 1. The van der Waals surface area contributed by atoms with Crippen molar-refractivity contribution in [3.8, 4) is 0 Å². The van der Waals surface area contributed by atoms with Crippen molar-refractivity contribution in [2.24, 2.45) is 0 Å². The fourth-order valence-corrected chi connectivity index (χ4v) is 0.881. The molecule has 0 aromatic heterocycles. The van der Waals surface area contributed by atoms with E-state index in [0.29, 0.717) is 0 Å². The van der Waals surface area contributed by atoms with Crippen molar-refractivity contribution < 1.29 is 9.90 Å². The minimum Gasteiger partial charge on any atom is -0.481 e. The number of aliphatic carboxylic acids is 1. The minimum absolute atomic E-state index is 0.118. The monoisotopic (exact) mass is 202 g/mol. The number of hydrogen-bond donors (Lipinski definition) is 4. The van der Waals surface area contributed by atoms with Crippen molar-refractivity contribution >= 4 is 53.7 Å². The molecule has 0 aliphatic heterocycles. The Kier molecular flexibility index (Phi) is 4.28. The first-order valence-electron chi connectivity index (χ1n) is 1.97. The maximum absolute atomic E-state index is 10.0. The zero-order chi connectivity index (χ0) is 7.49. The van der Waals surface area contributed by atoms with Crippen molar-refractivity contribution in [1.29, 1.82) is 0 Å². The first-order valence-corrected chi connectivity index (χ1v) is 4.73. The molecular formula is C3H6O2S4. The van der Waals surface area contributed by atoms with Gasteiger partial charge in [0.25, 0.3) is 0 Å². The lowest BCUT2D eigenvalue weighted by Gasteiger charge is -2.14. The van der Waals surface area contributed by atoms with Crippen LogP contribution in [0, 0.1) is 0 Å². The highest BCUT2D eigenvalue weighted by molar-refractivity contribution is 8.72. The van der Waals surface area contributed by atoms with Crippen LogP contribution in [0.2, 0.25) is 0 Å². The van der Waals surface area contributed by atoms with Crippen molar-refractivity contribution in [2.45, 2.75) is 9.83 Å². The molecule has 0 aliphatic carbocycles. The Morgan fingerprint density at radius 3 is 2.22 bits per heavy atom. The minimum atomic E-state index is -0.929. The second-order valence-corrected chi connectivity index (χ2v) is 5.32. The SMILES string of the molecule is O=C(O)CC(S)(S)SS. The number of carboxylic acids is 1. The average molecular weight is 202 g/mol. The third kappa shape index (κ3) is 5.32. The standard InChI is InChI=1S/C3H6O2S4/c4-2(5)1-3(6,7)9-8/h6-8H,1H2,(H,4,5). The lowest BCUT2D eigenvalue weighted by molar-refractivity contribution is -0.136. The molecule has 0 saturated heterocycles. The summed E-state index contributed by atoms with van der Waals surface area (Å²) >= 11 is 11.6. The van der Waals surface area contributed by atoms with Crippen molar-refractivity contribution in [2.75, 3.05) is 0 Å². The molecule has 54 valence electrons. The molecule has 9 heavy (non-hydrogen) atoms. The van der Waals surface area contributed by atoms with E-state index in [0.717, 1.165) is 10.8 Å². The lowest BCUT2D eigenvalue weighted by atomic mass is 10.5. The van der Waals surface area contributed by atoms with Gasteiger partial charge in [0.15, 0.2) is 0 Å². The summed E-state index contributed by atoms with van der Waals surface area (Å²) in [6.45, 7) is 0. The zero-order valence-corrected chi connectivity index (χ0v) is 7.81. The number of rotatable bonds is 3. The van der Waals surface area contributed by atoms with Gasteiger partial charge in [0.05, 0.1) is 6.42 Å². The normalized spacial score (nSPS) is 11.4. The van der Waals surface area contributed by atoms with Crippen molar-refractivity contribution in [3.63, 3.8) is 0 Å². The predicted octanol–water partition coefficient (Wildman–Crippen LogP) is 1.55. The molecule has 0 radical (unpaired) electrons. The summed E-state index contributed by atoms with van der Waals surface area (Å²) in [5.41, 5.74) is 0. The van der Waals surface area contributed by atoms with Crippen LogP contribution < -0.4 is 0 Å². The van der Waals surface area contributed by atoms with Crippen molar-refractivity contribution in [3.05, 3.63) is 0 Å². The van der Waals surface area contributed by atoms with E-state index in [4.69, 9.17) is 5.11 Å². The van der Waals surface area contributed by atoms with Crippen LogP contribution in [0.5, 0.6) is 0 Å². The summed E-state index contributed by atoms with van der Waals surface area (Å²) < 4.78 is -0.866. The maximum Gasteiger partial charge on any atom is 0.306 e. The highest BCUT2D eigenvalue weighted by Crippen LogP contribution is 2.39. The van der Waals surface area contributed by atoms with E-state index >= 15 is 0 Å². The van der Waals surface area contributed by atoms with E-state index in [1.165, 1.54) is 0 Å². The molecule has 0 unspecified atom stereocenters. The number of hydrogen-bond acceptors (Lipinski definition) is 5. The van der Waals surface area contributed by atoms with Crippen LogP contribution in [0.3, 0.4) is 0 Å². The van der Waals surface area contributed by atoms with Crippen molar-refractivity contribution in [1.82, 2.24) is 0 Å². The lowest BCUT2D eigenvalue weighted by Crippen LogP contribution is -2.12. The van der Waals surface area contributed by atoms with Gasteiger partial charge in [0, 0.05) is 0 Å². The topological polar surface area (TPSA) is 37.3 Å². The molecule has 6 heteroatoms. The van der Waals surface area contributed by atoms with Gasteiger partial charge in [0.2, 0.25) is 0 Å². The molecule has 1 N–H and O–H groups in total. The van der Waals surface area contributed by atoms with Crippen LogP contribution in [-0.4, -0.2) is 14.5 Å². The van der Waals surface area contributed by atoms with E-state index in [-0.39, 0.29) is 6.42 Å². The molecular weight excluding hydrogens is 196 g/mol. The third-order valence-corrected chi connectivity index (χ3v) is 3.63. The van der Waals surface area contributed by atoms with Gasteiger partial charge in [-0.2, -0.15) is 0 Å². The average Bonchev–Trinajstić information content (AvgIpc) is 1.63. The molecule has 0 aliphatic rings. The van der Waals surface area contributed by atoms with Crippen LogP contribution in [0.15, 0.2) is 0 Å². The van der Waals surface area contributed by atoms with Crippen LogP contribution in [-0.2, 0) is 4.79 Å². The fraction of sp³-hybridized carbons (Fsp3) is 0.667. The Bertz CT molecular complexity index is 112. The Balaban J connectivity index is 3.71. The van der Waals surface area contributed by atoms with Gasteiger partial charge in [-0.05, 0) is 0 Å². The summed E-state index contributed by atoms with van der Waals surface area (Å²) in [5, 5.41) is 8.24. The summed E-state index contributed by atoms with van der Waals surface area (Å²) in [7, 11) is 0.997. The summed E-state index contributed by atoms with van der Waals surface area (Å²) in [5.74, 6) is -0.929. The zero-order valence-electron chi connectivity index (χ0n) is 4.31. The smallest absolute Gasteiger partial charge is 0.306 e. The third-order valence-electron chi connectivity index (χ3n) is 0.528. The molecule has 0 spiro atoms. The Labute approximate surface area is 73.4 Å². The second-order valence-electron chi connectivity index (χ2n) is 1.40. The quantitative estimate of drug-likeness (QED) is 0.319. The predicted molar refractivity (Wildman–Crippen MR) is 49.5 cm³/mol. The largest absolute Gasteiger partial charge is 0.481 e. The first kappa shape index (κ1) is 9.87. The number of carbonyl (C=O) groups is 1. The molecule has 0 rings (SSSR count). The van der Waals surface area contributed by atoms with Gasteiger partial charge in [-0.1, -0.05) is 10.8 Å². The van der Waals surface area contributed by atoms with Gasteiger partial charge < -0.3 is 5.11 Å². The number of thiol groups is 3. The van der Waals surface area contributed by atoms with Crippen LogP contribution >= 0.6 is 47.7 Å². The Hall–Kier alpha value is 0.870. The van der Waals surface area contributed by atoms with Gasteiger partial charge in [-0.25, -0.2) is 0 Å². The molecule has 2 nitrogen and oxygen atoms in total. The summed E-state index contributed by atoms with van der Waals surface area (Å²) in [4.78, 5) is 10.0. The van der Waals surface area contributed by atoms with Crippen LogP contribution in [0.25, 0.3) is 0 Å². The molecule has 0 amide bonds. The second kappa shape index (κ2) is 3.90. The van der Waals surface area contributed by atoms with Crippen LogP contribution in [0.1, 0.15) is 6.42 Å². The van der Waals surface area contributed by atoms with Gasteiger partial charge in [-0.3, -0.25) is 4.79 Å². The molecule has 0 heterocycles. The first-order chi connectivity index (χ1) is 3.98. The highest BCUT2D eigenvalue weighted by atomic mass is 33.1. The highest BCUT2D eigenvalue weighted by Gasteiger charge is 2.22. The molecule has 0 aromatic rings. The van der Waals surface area contributed by atoms with Gasteiger partial charge in [0.1, 0.15) is 3.41 Å². The Morgan fingerprint density at radius 1 is 1.67 bits per heavy atom. The summed E-state index contributed by atoms with van der Waals surface area (Å²) in [6, 6.07) is 0. The van der Waals surface area contributed by atoms with E-state index in [1.807, 2.05) is 0 Å². The Morgan fingerprint density at radius 2 is 2.11 bits per heavy atom. The molecule has 0 bridgehead atoms. The molecule has 0 atom stereocenters. The van der Waals surface area contributed by atoms with E-state index in [9.17, 15) is 4.79 Å². The molecule has 0 saturated carbocycles.